The highest BCUT2D eigenvalue weighted by molar-refractivity contribution is 5.47. The molecule has 84 valence electrons. The Kier molecular flexibility index (Phi) is 4.56. The second-order valence-corrected chi connectivity index (χ2v) is 4.03. The van der Waals surface area contributed by atoms with Gasteiger partial charge in [-0.25, -0.2) is 0 Å². The van der Waals surface area contributed by atoms with E-state index in [1.54, 1.807) is 7.11 Å². The second kappa shape index (κ2) is 5.71. The van der Waals surface area contributed by atoms with Crippen molar-refractivity contribution in [2.24, 2.45) is 5.92 Å². The Morgan fingerprint density at radius 1 is 1.40 bits per heavy atom. The van der Waals surface area contributed by atoms with Crippen molar-refractivity contribution < 1.29 is 4.74 Å². The number of aromatic nitrogens is 1. The lowest BCUT2D eigenvalue weighted by atomic mass is 10.2. The van der Waals surface area contributed by atoms with Gasteiger partial charge in [0.25, 0.3) is 0 Å². The summed E-state index contributed by atoms with van der Waals surface area (Å²) in [6.07, 6.45) is 0. The molecule has 1 atom stereocenters. The van der Waals surface area contributed by atoms with E-state index in [9.17, 15) is 0 Å². The summed E-state index contributed by atoms with van der Waals surface area (Å²) < 4.78 is 5.09. The summed E-state index contributed by atoms with van der Waals surface area (Å²) in [6.45, 7) is 7.89. The quantitative estimate of drug-likeness (QED) is 0.806. The summed E-state index contributed by atoms with van der Waals surface area (Å²) in [5.74, 6) is 0.510. The molecule has 1 aromatic rings. The Labute approximate surface area is 91.9 Å². The monoisotopic (exact) mass is 208 g/mol. The molecule has 0 spiro atoms. The topological polar surface area (TPSA) is 34.1 Å². The van der Waals surface area contributed by atoms with Crippen molar-refractivity contribution in [3.05, 3.63) is 23.5 Å². The van der Waals surface area contributed by atoms with Crippen molar-refractivity contribution in [3.8, 4) is 0 Å². The van der Waals surface area contributed by atoms with E-state index in [0.29, 0.717) is 5.92 Å². The first kappa shape index (κ1) is 12.0. The van der Waals surface area contributed by atoms with Gasteiger partial charge in [0.15, 0.2) is 0 Å². The maximum absolute atomic E-state index is 5.09. The third-order valence-electron chi connectivity index (χ3n) is 2.32. The molecule has 1 rings (SSSR count). The van der Waals surface area contributed by atoms with Crippen LogP contribution in [0.3, 0.4) is 0 Å². The lowest BCUT2D eigenvalue weighted by molar-refractivity contribution is 0.164. The van der Waals surface area contributed by atoms with Crippen LogP contribution in [0, 0.1) is 19.8 Å². The predicted octanol–water partition coefficient (Wildman–Crippen LogP) is 2.39. The molecule has 1 aromatic heterocycles. The van der Waals surface area contributed by atoms with Crippen molar-refractivity contribution in [1.82, 2.24) is 4.98 Å². The average molecular weight is 208 g/mol. The van der Waals surface area contributed by atoms with Gasteiger partial charge in [0.2, 0.25) is 0 Å². The number of anilines is 1. The Balaban J connectivity index is 2.50. The van der Waals surface area contributed by atoms with Gasteiger partial charge in [-0.15, -0.1) is 0 Å². The van der Waals surface area contributed by atoms with Gasteiger partial charge in [-0.2, -0.15) is 0 Å². The van der Waals surface area contributed by atoms with Gasteiger partial charge in [-0.1, -0.05) is 6.92 Å². The van der Waals surface area contributed by atoms with Crippen LogP contribution in [0.5, 0.6) is 0 Å². The molecule has 0 fully saturated rings. The molecule has 1 heterocycles. The van der Waals surface area contributed by atoms with E-state index in [0.717, 1.165) is 30.2 Å². The molecule has 0 radical (unpaired) electrons. The van der Waals surface area contributed by atoms with Gasteiger partial charge in [0, 0.05) is 19.3 Å². The molecule has 0 bridgehead atoms. The van der Waals surface area contributed by atoms with Crippen LogP contribution in [0.15, 0.2) is 12.1 Å². The summed E-state index contributed by atoms with van der Waals surface area (Å²) in [5, 5.41) is 3.38. The summed E-state index contributed by atoms with van der Waals surface area (Å²) >= 11 is 0. The molecule has 0 saturated heterocycles. The minimum absolute atomic E-state index is 0.510. The smallest absolute Gasteiger partial charge is 0.0606 e. The highest BCUT2D eigenvalue weighted by Crippen LogP contribution is 2.13. The zero-order valence-corrected chi connectivity index (χ0v) is 10.0. The zero-order chi connectivity index (χ0) is 11.3. The van der Waals surface area contributed by atoms with E-state index in [-0.39, 0.29) is 0 Å². The second-order valence-electron chi connectivity index (χ2n) is 4.03. The van der Waals surface area contributed by atoms with Gasteiger partial charge in [-0.05, 0) is 31.9 Å². The van der Waals surface area contributed by atoms with E-state index in [1.165, 1.54) is 0 Å². The number of nitrogens with zero attached hydrogens (tertiary/aromatic N) is 1. The highest BCUT2D eigenvalue weighted by Gasteiger charge is 2.03. The number of hydrogen-bond donors (Lipinski definition) is 1. The van der Waals surface area contributed by atoms with Gasteiger partial charge in [0.05, 0.1) is 18.0 Å². The molecular weight excluding hydrogens is 188 g/mol. The molecule has 0 aliphatic heterocycles. The van der Waals surface area contributed by atoms with Gasteiger partial charge >= 0.3 is 0 Å². The highest BCUT2D eigenvalue weighted by atomic mass is 16.5. The van der Waals surface area contributed by atoms with Crippen molar-refractivity contribution in [2.45, 2.75) is 20.8 Å². The maximum Gasteiger partial charge on any atom is 0.0606 e. The summed E-state index contributed by atoms with van der Waals surface area (Å²) in [6, 6.07) is 4.10. The van der Waals surface area contributed by atoms with Crippen LogP contribution in [0.1, 0.15) is 18.3 Å². The Bertz CT molecular complexity index is 312. The van der Waals surface area contributed by atoms with Crippen LogP contribution in [0.25, 0.3) is 0 Å². The Hall–Kier alpha value is -1.09. The van der Waals surface area contributed by atoms with Gasteiger partial charge in [0.1, 0.15) is 0 Å². The third-order valence-corrected chi connectivity index (χ3v) is 2.32. The molecule has 15 heavy (non-hydrogen) atoms. The fraction of sp³-hybridized carbons (Fsp3) is 0.583. The number of hydrogen-bond acceptors (Lipinski definition) is 3. The average Bonchev–Trinajstić information content (AvgIpc) is 2.17. The zero-order valence-electron chi connectivity index (χ0n) is 10.0. The number of pyridine rings is 1. The van der Waals surface area contributed by atoms with Gasteiger partial charge in [-0.3, -0.25) is 4.98 Å². The van der Waals surface area contributed by atoms with Gasteiger partial charge < -0.3 is 10.1 Å². The Morgan fingerprint density at radius 3 is 2.73 bits per heavy atom. The molecule has 0 aliphatic rings. The minimum atomic E-state index is 0.510. The summed E-state index contributed by atoms with van der Waals surface area (Å²) in [5.41, 5.74) is 3.23. The Morgan fingerprint density at radius 2 is 2.13 bits per heavy atom. The SMILES string of the molecule is COC[C@H](C)CNc1ccc(C)nc1C. The van der Waals surface area contributed by atoms with E-state index in [4.69, 9.17) is 4.74 Å². The van der Waals surface area contributed by atoms with Crippen LogP contribution < -0.4 is 5.32 Å². The molecule has 3 heteroatoms. The summed E-state index contributed by atoms with van der Waals surface area (Å²) in [4.78, 5) is 4.40. The fourth-order valence-corrected chi connectivity index (χ4v) is 1.50. The fourth-order valence-electron chi connectivity index (χ4n) is 1.50. The van der Waals surface area contributed by atoms with E-state index in [1.807, 2.05) is 19.9 Å². The molecule has 0 amide bonds. The normalized spacial score (nSPS) is 12.5. The van der Waals surface area contributed by atoms with E-state index >= 15 is 0 Å². The van der Waals surface area contributed by atoms with Crippen molar-refractivity contribution in [3.63, 3.8) is 0 Å². The summed E-state index contributed by atoms with van der Waals surface area (Å²) in [7, 11) is 1.73. The third kappa shape index (κ3) is 3.88. The largest absolute Gasteiger partial charge is 0.384 e. The molecule has 0 aromatic carbocycles. The predicted molar refractivity (Wildman–Crippen MR) is 63.2 cm³/mol. The van der Waals surface area contributed by atoms with Crippen LogP contribution >= 0.6 is 0 Å². The van der Waals surface area contributed by atoms with Crippen LogP contribution in [0.2, 0.25) is 0 Å². The minimum Gasteiger partial charge on any atom is -0.384 e. The number of ether oxygens (including phenoxy) is 1. The standard InChI is InChI=1S/C12H20N2O/c1-9(8-15-4)7-13-12-6-5-10(2)14-11(12)3/h5-6,9,13H,7-8H2,1-4H3/t9-/m1/s1. The first-order valence-electron chi connectivity index (χ1n) is 5.30. The number of rotatable bonds is 5. The number of methoxy groups -OCH3 is 1. The van der Waals surface area contributed by atoms with Crippen molar-refractivity contribution >= 4 is 5.69 Å². The molecule has 1 N–H and O–H groups in total. The molecule has 0 unspecified atom stereocenters. The van der Waals surface area contributed by atoms with E-state index < -0.39 is 0 Å². The van der Waals surface area contributed by atoms with Crippen molar-refractivity contribution in [2.75, 3.05) is 25.6 Å². The first-order valence-corrected chi connectivity index (χ1v) is 5.30. The van der Waals surface area contributed by atoms with Crippen LogP contribution in [-0.4, -0.2) is 25.2 Å². The molecule has 3 nitrogen and oxygen atoms in total. The molecular formula is C12H20N2O. The van der Waals surface area contributed by atoms with Crippen LogP contribution in [-0.2, 0) is 4.74 Å². The van der Waals surface area contributed by atoms with Crippen molar-refractivity contribution in [1.29, 1.82) is 0 Å². The number of aryl methyl sites for hydroxylation is 2. The maximum atomic E-state index is 5.09. The molecule has 0 saturated carbocycles. The van der Waals surface area contributed by atoms with E-state index in [2.05, 4.69) is 23.3 Å². The number of nitrogens with one attached hydrogen (secondary N) is 1. The lowest BCUT2D eigenvalue weighted by Crippen LogP contribution is -2.16. The van der Waals surface area contributed by atoms with Crippen LogP contribution in [0.4, 0.5) is 5.69 Å². The molecule has 0 aliphatic carbocycles. The lowest BCUT2D eigenvalue weighted by Gasteiger charge is -2.14. The first-order chi connectivity index (χ1) is 7.13.